The third-order valence-electron chi connectivity index (χ3n) is 2.88. The lowest BCUT2D eigenvalue weighted by Gasteiger charge is -2.38. The molecule has 1 aromatic carbocycles. The molecule has 0 spiro atoms. The number of hydrogen-bond donors (Lipinski definition) is 4. The van der Waals surface area contributed by atoms with Crippen molar-refractivity contribution in [2.75, 3.05) is 0 Å². The molecular formula is C12H13IO7. The van der Waals surface area contributed by atoms with Crippen molar-refractivity contribution in [1.82, 2.24) is 0 Å². The van der Waals surface area contributed by atoms with E-state index in [2.05, 4.69) is 22.6 Å². The summed E-state index contributed by atoms with van der Waals surface area (Å²) in [7, 11) is 0. The maximum atomic E-state index is 10.9. The van der Waals surface area contributed by atoms with Crippen molar-refractivity contribution in [3.63, 3.8) is 0 Å². The van der Waals surface area contributed by atoms with Gasteiger partial charge in [0.25, 0.3) is 0 Å². The van der Waals surface area contributed by atoms with Crippen molar-refractivity contribution >= 4 is 28.6 Å². The Morgan fingerprint density at radius 2 is 1.70 bits per heavy atom. The van der Waals surface area contributed by atoms with Gasteiger partial charge >= 0.3 is 5.97 Å². The van der Waals surface area contributed by atoms with Gasteiger partial charge in [-0.3, -0.25) is 0 Å². The van der Waals surface area contributed by atoms with Crippen molar-refractivity contribution in [3.05, 3.63) is 27.8 Å². The molecule has 0 radical (unpaired) electrons. The number of hydrogen-bond acceptors (Lipinski definition) is 6. The van der Waals surface area contributed by atoms with Crippen LogP contribution in [0.25, 0.3) is 0 Å². The summed E-state index contributed by atoms with van der Waals surface area (Å²) >= 11 is 2.10. The van der Waals surface area contributed by atoms with Crippen LogP contribution in [0.1, 0.15) is 0 Å². The molecule has 0 bridgehead atoms. The molecule has 0 aliphatic carbocycles. The second kappa shape index (κ2) is 6.22. The van der Waals surface area contributed by atoms with E-state index in [0.717, 1.165) is 3.57 Å². The van der Waals surface area contributed by atoms with Crippen LogP contribution in [0.15, 0.2) is 24.3 Å². The van der Waals surface area contributed by atoms with Crippen molar-refractivity contribution in [2.45, 2.75) is 30.7 Å². The lowest BCUT2D eigenvalue weighted by atomic mass is 9.99. The molecule has 2 rings (SSSR count). The topological polar surface area (TPSA) is 116 Å². The van der Waals surface area contributed by atoms with E-state index >= 15 is 0 Å². The Morgan fingerprint density at radius 3 is 2.25 bits per heavy atom. The lowest BCUT2D eigenvalue weighted by molar-refractivity contribution is -0.271. The molecule has 1 aliphatic heterocycles. The van der Waals surface area contributed by atoms with Crippen molar-refractivity contribution in [1.29, 1.82) is 0 Å². The molecular weight excluding hydrogens is 383 g/mol. The fourth-order valence-corrected chi connectivity index (χ4v) is 2.16. The second-order valence-corrected chi connectivity index (χ2v) is 5.55. The van der Waals surface area contributed by atoms with Gasteiger partial charge in [0.05, 0.1) is 0 Å². The highest BCUT2D eigenvalue weighted by molar-refractivity contribution is 14.1. The van der Waals surface area contributed by atoms with Crippen LogP contribution in [0.4, 0.5) is 0 Å². The highest BCUT2D eigenvalue weighted by Gasteiger charge is 2.48. The van der Waals surface area contributed by atoms with Gasteiger partial charge in [0.2, 0.25) is 6.29 Å². The normalized spacial score (nSPS) is 33.7. The molecule has 1 aromatic rings. The summed E-state index contributed by atoms with van der Waals surface area (Å²) in [5.74, 6) is -1.10. The van der Waals surface area contributed by atoms with E-state index in [1.807, 2.05) is 0 Å². The number of aliphatic hydroxyl groups excluding tert-OH is 3. The molecule has 110 valence electrons. The van der Waals surface area contributed by atoms with Crippen LogP contribution in [0.2, 0.25) is 0 Å². The van der Waals surface area contributed by atoms with Crippen molar-refractivity contribution < 1.29 is 34.7 Å². The van der Waals surface area contributed by atoms with Crippen LogP contribution in [0.5, 0.6) is 5.75 Å². The van der Waals surface area contributed by atoms with Crippen molar-refractivity contribution in [2.24, 2.45) is 0 Å². The first-order valence-electron chi connectivity index (χ1n) is 5.75. The summed E-state index contributed by atoms with van der Waals surface area (Å²) in [6.45, 7) is 0. The van der Waals surface area contributed by atoms with Gasteiger partial charge in [-0.2, -0.15) is 0 Å². The third kappa shape index (κ3) is 3.20. The first-order chi connectivity index (χ1) is 9.40. The second-order valence-electron chi connectivity index (χ2n) is 4.31. The minimum Gasteiger partial charge on any atom is -0.479 e. The quantitative estimate of drug-likeness (QED) is 0.512. The molecule has 5 atom stereocenters. The molecule has 0 amide bonds. The van der Waals surface area contributed by atoms with Crippen LogP contribution in [0.3, 0.4) is 0 Å². The van der Waals surface area contributed by atoms with Crippen LogP contribution in [-0.2, 0) is 9.53 Å². The van der Waals surface area contributed by atoms with E-state index in [1.165, 1.54) is 0 Å². The number of aliphatic hydroxyl groups is 3. The molecule has 7 nitrogen and oxygen atoms in total. The first kappa shape index (κ1) is 15.4. The van der Waals surface area contributed by atoms with Gasteiger partial charge in [-0.15, -0.1) is 0 Å². The molecule has 1 heterocycles. The summed E-state index contributed by atoms with van der Waals surface area (Å²) in [6.07, 6.45) is -7.99. The molecule has 1 aliphatic rings. The Balaban J connectivity index is 2.13. The summed E-state index contributed by atoms with van der Waals surface area (Å²) in [4.78, 5) is 10.9. The van der Waals surface area contributed by atoms with Gasteiger partial charge in [0.15, 0.2) is 6.10 Å². The van der Waals surface area contributed by atoms with Gasteiger partial charge in [-0.1, -0.05) is 0 Å². The number of rotatable bonds is 3. The molecule has 0 aromatic heterocycles. The highest BCUT2D eigenvalue weighted by Crippen LogP contribution is 2.24. The number of halogens is 1. The Kier molecular flexibility index (Phi) is 4.81. The largest absolute Gasteiger partial charge is 0.479 e. The lowest BCUT2D eigenvalue weighted by Crippen LogP contribution is -2.61. The minimum atomic E-state index is -1.72. The Morgan fingerprint density at radius 1 is 1.10 bits per heavy atom. The summed E-state index contributed by atoms with van der Waals surface area (Å²) in [5, 5.41) is 37.8. The van der Waals surface area contributed by atoms with Crippen LogP contribution in [-0.4, -0.2) is 57.1 Å². The molecule has 4 N–H and O–H groups in total. The van der Waals surface area contributed by atoms with E-state index in [0.29, 0.717) is 5.75 Å². The van der Waals surface area contributed by atoms with Gasteiger partial charge in [0, 0.05) is 3.57 Å². The van der Waals surface area contributed by atoms with Gasteiger partial charge in [0.1, 0.15) is 24.1 Å². The third-order valence-corrected chi connectivity index (χ3v) is 3.60. The van der Waals surface area contributed by atoms with Crippen molar-refractivity contribution in [3.8, 4) is 5.75 Å². The van der Waals surface area contributed by atoms with E-state index in [1.54, 1.807) is 24.3 Å². The predicted octanol–water partition coefficient (Wildman–Crippen LogP) is -0.438. The summed E-state index contributed by atoms with van der Waals surface area (Å²) in [6, 6.07) is 6.74. The maximum Gasteiger partial charge on any atom is 0.335 e. The predicted molar refractivity (Wildman–Crippen MR) is 74.1 cm³/mol. The van der Waals surface area contributed by atoms with Gasteiger partial charge in [-0.05, 0) is 46.9 Å². The molecule has 5 unspecified atom stereocenters. The zero-order valence-corrected chi connectivity index (χ0v) is 12.2. The number of carboxylic acid groups (broad SMARTS) is 1. The molecule has 8 heteroatoms. The smallest absolute Gasteiger partial charge is 0.335 e. The maximum absolute atomic E-state index is 10.9. The number of carbonyl (C=O) groups is 1. The average molecular weight is 396 g/mol. The van der Waals surface area contributed by atoms with E-state index in [-0.39, 0.29) is 0 Å². The van der Waals surface area contributed by atoms with Crippen LogP contribution < -0.4 is 4.74 Å². The van der Waals surface area contributed by atoms with Gasteiger partial charge in [-0.25, -0.2) is 4.79 Å². The SMILES string of the molecule is O=C(O)C1OC(Oc2ccc(I)cc2)C(O)C(O)C1O. The number of ether oxygens (including phenoxy) is 2. The fourth-order valence-electron chi connectivity index (χ4n) is 1.80. The monoisotopic (exact) mass is 396 g/mol. The zero-order chi connectivity index (χ0) is 14.9. The van der Waals surface area contributed by atoms with E-state index in [9.17, 15) is 20.1 Å². The van der Waals surface area contributed by atoms with E-state index < -0.39 is 36.7 Å². The van der Waals surface area contributed by atoms with Crippen LogP contribution >= 0.6 is 22.6 Å². The molecule has 1 fully saturated rings. The zero-order valence-electron chi connectivity index (χ0n) is 10.1. The fraction of sp³-hybridized carbons (Fsp3) is 0.417. The van der Waals surface area contributed by atoms with Crippen LogP contribution in [0, 0.1) is 3.57 Å². The molecule has 20 heavy (non-hydrogen) atoms. The Hall–Kier alpha value is -0.940. The standard InChI is InChI=1S/C12H13IO7/c13-5-1-3-6(4-2-5)19-12-9(16)7(14)8(15)10(20-12)11(17)18/h1-4,7-10,12,14-16H,(H,17,18). The minimum absolute atomic E-state index is 0.349. The molecule has 0 saturated carbocycles. The van der Waals surface area contributed by atoms with Gasteiger partial charge < -0.3 is 29.9 Å². The first-order valence-corrected chi connectivity index (χ1v) is 6.82. The summed E-state index contributed by atoms with van der Waals surface area (Å²) < 4.78 is 11.3. The average Bonchev–Trinajstić information content (AvgIpc) is 2.41. The number of carboxylic acids is 1. The number of aliphatic carboxylic acids is 1. The van der Waals surface area contributed by atoms with E-state index in [4.69, 9.17) is 14.6 Å². The molecule has 1 saturated heterocycles. The number of benzene rings is 1. The Labute approximate surface area is 127 Å². The summed E-state index contributed by atoms with van der Waals surface area (Å²) in [5.41, 5.74) is 0. The highest BCUT2D eigenvalue weighted by atomic mass is 127. The Bertz CT molecular complexity index is 477.